The molecule has 3 heterocycles. The van der Waals surface area contributed by atoms with Crippen molar-refractivity contribution in [3.05, 3.63) is 53.8 Å². The highest BCUT2D eigenvalue weighted by Crippen LogP contribution is 2.30. The Hall–Kier alpha value is -2.62. The van der Waals surface area contributed by atoms with E-state index in [9.17, 15) is 4.79 Å². The average molecular weight is 348 g/mol. The van der Waals surface area contributed by atoms with Gasteiger partial charge in [0.2, 0.25) is 0 Å². The van der Waals surface area contributed by atoms with E-state index in [2.05, 4.69) is 13.8 Å². The standard InChI is InChI=1S/C22H24N2O2/c1-14-7-6-8-15(2)24(14)22(25)18-13-20(21-12-11-16(3)26-21)23-19-10-5-4-9-17(18)19/h4-5,9-15H,6-8H2,1-3H3. The number of piperidine rings is 1. The number of para-hydroxylation sites is 1. The number of fused-ring (bicyclic) bond motifs is 1. The fourth-order valence-corrected chi connectivity index (χ4v) is 4.01. The van der Waals surface area contributed by atoms with Crippen molar-refractivity contribution in [1.82, 2.24) is 9.88 Å². The lowest BCUT2D eigenvalue weighted by atomic mass is 9.95. The summed E-state index contributed by atoms with van der Waals surface area (Å²) in [6, 6.07) is 14.1. The fourth-order valence-electron chi connectivity index (χ4n) is 4.01. The molecule has 1 amide bonds. The molecule has 1 saturated heterocycles. The van der Waals surface area contributed by atoms with Gasteiger partial charge in [0, 0.05) is 17.5 Å². The molecular weight excluding hydrogens is 324 g/mol. The molecule has 4 rings (SSSR count). The molecule has 0 spiro atoms. The summed E-state index contributed by atoms with van der Waals surface area (Å²) in [6.07, 6.45) is 3.30. The second-order valence-corrected chi connectivity index (χ2v) is 7.32. The SMILES string of the molecule is Cc1ccc(-c2cc(C(=O)N3C(C)CCCC3C)c3ccccc3n2)o1. The number of likely N-dealkylation sites (tertiary alicyclic amines) is 1. The zero-order valence-electron chi connectivity index (χ0n) is 15.5. The molecule has 1 fully saturated rings. The normalized spacial score (nSPS) is 20.5. The van der Waals surface area contributed by atoms with Gasteiger partial charge in [-0.05, 0) is 64.3 Å². The van der Waals surface area contributed by atoms with Crippen LogP contribution in [0.25, 0.3) is 22.4 Å². The second kappa shape index (κ2) is 6.60. The van der Waals surface area contributed by atoms with Crippen LogP contribution in [0.4, 0.5) is 0 Å². The molecule has 134 valence electrons. The quantitative estimate of drug-likeness (QED) is 0.639. The van der Waals surface area contributed by atoms with Crippen LogP contribution < -0.4 is 0 Å². The van der Waals surface area contributed by atoms with Gasteiger partial charge in [0.1, 0.15) is 11.5 Å². The lowest BCUT2D eigenvalue weighted by Crippen LogP contribution is -2.47. The van der Waals surface area contributed by atoms with Crippen molar-refractivity contribution < 1.29 is 9.21 Å². The Morgan fingerprint density at radius 3 is 2.54 bits per heavy atom. The highest BCUT2D eigenvalue weighted by atomic mass is 16.3. The minimum atomic E-state index is 0.0906. The van der Waals surface area contributed by atoms with Crippen LogP contribution in [0.5, 0.6) is 0 Å². The number of hydrogen-bond donors (Lipinski definition) is 0. The molecule has 0 aliphatic carbocycles. The molecule has 2 unspecified atom stereocenters. The molecule has 0 saturated carbocycles. The first-order valence-corrected chi connectivity index (χ1v) is 9.34. The van der Waals surface area contributed by atoms with E-state index >= 15 is 0 Å². The van der Waals surface area contributed by atoms with Gasteiger partial charge in [-0.15, -0.1) is 0 Å². The van der Waals surface area contributed by atoms with Crippen molar-refractivity contribution in [3.8, 4) is 11.5 Å². The number of carbonyl (C=O) groups is 1. The number of furan rings is 1. The van der Waals surface area contributed by atoms with E-state index in [4.69, 9.17) is 9.40 Å². The zero-order chi connectivity index (χ0) is 18.3. The van der Waals surface area contributed by atoms with Gasteiger partial charge in [-0.2, -0.15) is 0 Å². The van der Waals surface area contributed by atoms with Crippen LogP contribution in [0, 0.1) is 6.92 Å². The summed E-state index contributed by atoms with van der Waals surface area (Å²) in [4.78, 5) is 20.3. The lowest BCUT2D eigenvalue weighted by molar-refractivity contribution is 0.0513. The number of aryl methyl sites for hydroxylation is 1. The smallest absolute Gasteiger partial charge is 0.255 e. The maximum absolute atomic E-state index is 13.5. The van der Waals surface area contributed by atoms with E-state index in [1.54, 1.807) is 0 Å². The van der Waals surface area contributed by atoms with Gasteiger partial charge < -0.3 is 9.32 Å². The van der Waals surface area contributed by atoms with Crippen molar-refractivity contribution in [1.29, 1.82) is 0 Å². The monoisotopic (exact) mass is 348 g/mol. The van der Waals surface area contributed by atoms with Gasteiger partial charge in [-0.1, -0.05) is 18.2 Å². The Bertz CT molecular complexity index is 950. The molecule has 1 aliphatic rings. The summed E-state index contributed by atoms with van der Waals surface area (Å²) in [6.45, 7) is 6.20. The van der Waals surface area contributed by atoms with Crippen LogP contribution in [0.3, 0.4) is 0 Å². The molecule has 2 aromatic heterocycles. The molecule has 0 bridgehead atoms. The van der Waals surface area contributed by atoms with Crippen molar-refractivity contribution in [3.63, 3.8) is 0 Å². The number of amides is 1. The van der Waals surface area contributed by atoms with Crippen molar-refractivity contribution in [2.45, 2.75) is 52.1 Å². The molecule has 4 nitrogen and oxygen atoms in total. The molecule has 26 heavy (non-hydrogen) atoms. The minimum Gasteiger partial charge on any atom is -0.460 e. The summed E-state index contributed by atoms with van der Waals surface area (Å²) in [5, 5.41) is 0.898. The van der Waals surface area contributed by atoms with E-state index in [0.717, 1.165) is 29.5 Å². The largest absolute Gasteiger partial charge is 0.460 e. The van der Waals surface area contributed by atoms with E-state index < -0.39 is 0 Å². The third kappa shape index (κ3) is 2.90. The first kappa shape index (κ1) is 16.8. The Labute approximate surface area is 153 Å². The molecule has 1 aliphatic heterocycles. The molecule has 0 N–H and O–H groups in total. The van der Waals surface area contributed by atoms with Crippen molar-refractivity contribution in [2.75, 3.05) is 0 Å². The Morgan fingerprint density at radius 2 is 1.85 bits per heavy atom. The third-order valence-electron chi connectivity index (χ3n) is 5.37. The number of carbonyl (C=O) groups excluding carboxylic acids is 1. The van der Waals surface area contributed by atoms with Crippen LogP contribution in [0.1, 0.15) is 49.2 Å². The molecule has 4 heteroatoms. The summed E-state index contributed by atoms with van der Waals surface area (Å²) >= 11 is 0. The fraction of sp³-hybridized carbons (Fsp3) is 0.364. The second-order valence-electron chi connectivity index (χ2n) is 7.32. The highest BCUT2D eigenvalue weighted by Gasteiger charge is 2.31. The molecule has 1 aromatic carbocycles. The van der Waals surface area contributed by atoms with Crippen LogP contribution in [0.15, 0.2) is 46.9 Å². The number of pyridine rings is 1. The first-order chi connectivity index (χ1) is 12.5. The number of aromatic nitrogens is 1. The number of benzene rings is 1. The van der Waals surface area contributed by atoms with Crippen LogP contribution in [-0.2, 0) is 0 Å². The van der Waals surface area contributed by atoms with E-state index in [1.807, 2.05) is 54.3 Å². The van der Waals surface area contributed by atoms with Gasteiger partial charge in [0.15, 0.2) is 5.76 Å². The summed E-state index contributed by atoms with van der Waals surface area (Å²) in [7, 11) is 0. The number of nitrogens with zero attached hydrogens (tertiary/aromatic N) is 2. The van der Waals surface area contributed by atoms with Crippen LogP contribution in [0.2, 0.25) is 0 Å². The zero-order valence-corrected chi connectivity index (χ0v) is 15.5. The van der Waals surface area contributed by atoms with Crippen LogP contribution >= 0.6 is 0 Å². The topological polar surface area (TPSA) is 46.3 Å². The predicted molar refractivity (Wildman–Crippen MR) is 103 cm³/mol. The Morgan fingerprint density at radius 1 is 1.12 bits per heavy atom. The van der Waals surface area contributed by atoms with Gasteiger partial charge in [0.25, 0.3) is 5.91 Å². The van der Waals surface area contributed by atoms with Gasteiger partial charge >= 0.3 is 0 Å². The van der Waals surface area contributed by atoms with Crippen LogP contribution in [-0.4, -0.2) is 27.9 Å². The maximum Gasteiger partial charge on any atom is 0.255 e. The summed E-state index contributed by atoms with van der Waals surface area (Å²) in [5.41, 5.74) is 2.23. The van der Waals surface area contributed by atoms with Crippen molar-refractivity contribution >= 4 is 16.8 Å². The van der Waals surface area contributed by atoms with Gasteiger partial charge in [0.05, 0.1) is 11.1 Å². The Kier molecular flexibility index (Phi) is 4.27. The van der Waals surface area contributed by atoms with Gasteiger partial charge in [-0.3, -0.25) is 4.79 Å². The molecular formula is C22H24N2O2. The predicted octanol–water partition coefficient (Wildman–Crippen LogP) is 5.21. The summed E-state index contributed by atoms with van der Waals surface area (Å²) in [5.74, 6) is 1.62. The maximum atomic E-state index is 13.5. The third-order valence-corrected chi connectivity index (χ3v) is 5.37. The minimum absolute atomic E-state index is 0.0906. The van der Waals surface area contributed by atoms with E-state index in [1.165, 1.54) is 6.42 Å². The average Bonchev–Trinajstić information content (AvgIpc) is 3.07. The number of hydrogen-bond acceptors (Lipinski definition) is 3. The molecule has 0 radical (unpaired) electrons. The molecule has 2 atom stereocenters. The van der Waals surface area contributed by atoms with Crippen molar-refractivity contribution in [2.24, 2.45) is 0 Å². The lowest BCUT2D eigenvalue weighted by Gasteiger charge is -2.39. The van der Waals surface area contributed by atoms with E-state index in [-0.39, 0.29) is 18.0 Å². The molecule has 3 aromatic rings. The Balaban J connectivity index is 1.86. The van der Waals surface area contributed by atoms with E-state index in [0.29, 0.717) is 17.0 Å². The number of rotatable bonds is 2. The summed E-state index contributed by atoms with van der Waals surface area (Å²) < 4.78 is 5.75. The first-order valence-electron chi connectivity index (χ1n) is 9.34. The highest BCUT2D eigenvalue weighted by molar-refractivity contribution is 6.07. The van der Waals surface area contributed by atoms with Gasteiger partial charge in [-0.25, -0.2) is 4.98 Å².